The molecule has 7 heteroatoms. The molecule has 2 aromatic heterocycles. The van der Waals surface area contributed by atoms with Crippen LogP contribution in [0.3, 0.4) is 0 Å². The molecule has 0 aliphatic carbocycles. The molecule has 0 aromatic carbocycles. The van der Waals surface area contributed by atoms with Gasteiger partial charge in [0.15, 0.2) is 5.82 Å². The molecule has 0 bridgehead atoms. The van der Waals surface area contributed by atoms with Crippen molar-refractivity contribution in [1.82, 2.24) is 25.4 Å². The Morgan fingerprint density at radius 1 is 1.43 bits per heavy atom. The first-order valence-electron chi connectivity index (χ1n) is 3.80. The largest absolute Gasteiger partial charge is 0.490 e. The van der Waals surface area contributed by atoms with Crippen molar-refractivity contribution in [3.05, 3.63) is 22.7 Å². The summed E-state index contributed by atoms with van der Waals surface area (Å²) in [7, 11) is 1.40. The second kappa shape index (κ2) is 3.29. The maximum Gasteiger partial charge on any atom is 0.293 e. The molecule has 0 radical (unpaired) electrons. The van der Waals surface area contributed by atoms with Crippen LogP contribution < -0.4 is 10.3 Å². The molecule has 0 atom stereocenters. The molecule has 2 aromatic rings. The Kier molecular flexibility index (Phi) is 1.98. The topological polar surface area (TPSA) is 96.6 Å². The molecule has 0 spiro atoms. The van der Waals surface area contributed by atoms with Crippen molar-refractivity contribution in [1.29, 1.82) is 0 Å². The SMILES string of the molecule is COc1cnc(-c2cn[nH]n2)[nH]c1=O. The zero-order chi connectivity index (χ0) is 9.97. The Labute approximate surface area is 78.2 Å². The van der Waals surface area contributed by atoms with Gasteiger partial charge in [-0.1, -0.05) is 0 Å². The number of aromatic amines is 2. The molecular formula is C7H7N5O2. The fraction of sp³-hybridized carbons (Fsp3) is 0.143. The lowest BCUT2D eigenvalue weighted by Gasteiger charge is -1.98. The van der Waals surface area contributed by atoms with Gasteiger partial charge in [0.2, 0.25) is 5.75 Å². The van der Waals surface area contributed by atoms with Crippen LogP contribution in [0.4, 0.5) is 0 Å². The minimum Gasteiger partial charge on any atom is -0.490 e. The van der Waals surface area contributed by atoms with Gasteiger partial charge in [0.1, 0.15) is 5.69 Å². The molecule has 14 heavy (non-hydrogen) atoms. The number of methoxy groups -OCH3 is 1. The van der Waals surface area contributed by atoms with Crippen molar-refractivity contribution >= 4 is 0 Å². The quantitative estimate of drug-likeness (QED) is 0.674. The first kappa shape index (κ1) is 8.42. The van der Waals surface area contributed by atoms with E-state index in [2.05, 4.69) is 25.4 Å². The molecule has 0 amide bonds. The van der Waals surface area contributed by atoms with Crippen molar-refractivity contribution in [3.63, 3.8) is 0 Å². The van der Waals surface area contributed by atoms with Crippen molar-refractivity contribution < 1.29 is 4.74 Å². The summed E-state index contributed by atoms with van der Waals surface area (Å²) < 4.78 is 4.77. The number of nitrogens with zero attached hydrogens (tertiary/aromatic N) is 3. The second-order valence-electron chi connectivity index (χ2n) is 2.48. The smallest absolute Gasteiger partial charge is 0.293 e. The Morgan fingerprint density at radius 2 is 2.29 bits per heavy atom. The second-order valence-corrected chi connectivity index (χ2v) is 2.48. The Morgan fingerprint density at radius 3 is 2.86 bits per heavy atom. The minimum absolute atomic E-state index is 0.164. The standard InChI is InChI=1S/C7H7N5O2/c1-14-5-3-8-6(10-7(5)13)4-2-9-12-11-4/h2-3H,1H3,(H,8,10,13)(H,9,11,12). The van der Waals surface area contributed by atoms with Crippen LogP contribution in [-0.4, -0.2) is 32.5 Å². The third kappa shape index (κ3) is 1.35. The summed E-state index contributed by atoms with van der Waals surface area (Å²) in [5.74, 6) is 0.516. The molecule has 0 saturated heterocycles. The summed E-state index contributed by atoms with van der Waals surface area (Å²) in [5.41, 5.74) is 0.130. The average Bonchev–Trinajstić information content (AvgIpc) is 2.70. The van der Waals surface area contributed by atoms with Gasteiger partial charge in [-0.15, -0.1) is 0 Å². The van der Waals surface area contributed by atoms with Crippen LogP contribution in [-0.2, 0) is 0 Å². The van der Waals surface area contributed by atoms with Crippen LogP contribution in [0.25, 0.3) is 11.5 Å². The molecule has 0 unspecified atom stereocenters. The summed E-state index contributed by atoms with van der Waals surface area (Å²) in [6.45, 7) is 0. The van der Waals surface area contributed by atoms with E-state index in [4.69, 9.17) is 4.74 Å². The number of aromatic nitrogens is 5. The van der Waals surface area contributed by atoms with E-state index in [0.717, 1.165) is 0 Å². The minimum atomic E-state index is -0.347. The molecule has 2 rings (SSSR count). The van der Waals surface area contributed by atoms with Crippen molar-refractivity contribution in [3.8, 4) is 17.3 Å². The van der Waals surface area contributed by atoms with Crippen LogP contribution >= 0.6 is 0 Å². The van der Waals surface area contributed by atoms with E-state index in [-0.39, 0.29) is 11.3 Å². The highest BCUT2D eigenvalue weighted by Gasteiger charge is 2.05. The molecular weight excluding hydrogens is 186 g/mol. The van der Waals surface area contributed by atoms with Gasteiger partial charge in [-0.25, -0.2) is 4.98 Å². The normalized spacial score (nSPS) is 10.1. The van der Waals surface area contributed by atoms with E-state index in [0.29, 0.717) is 11.5 Å². The summed E-state index contributed by atoms with van der Waals surface area (Å²) >= 11 is 0. The fourth-order valence-electron chi connectivity index (χ4n) is 0.974. The van der Waals surface area contributed by atoms with E-state index in [1.807, 2.05) is 0 Å². The van der Waals surface area contributed by atoms with Gasteiger partial charge in [-0.3, -0.25) is 4.79 Å². The first-order valence-corrected chi connectivity index (χ1v) is 3.80. The van der Waals surface area contributed by atoms with Gasteiger partial charge >= 0.3 is 0 Å². The number of hydrogen-bond donors (Lipinski definition) is 2. The van der Waals surface area contributed by atoms with Gasteiger partial charge in [0.25, 0.3) is 5.56 Å². The lowest BCUT2D eigenvalue weighted by Crippen LogP contribution is -2.11. The number of hydrogen-bond acceptors (Lipinski definition) is 5. The van der Waals surface area contributed by atoms with Gasteiger partial charge in [0, 0.05) is 0 Å². The molecule has 72 valence electrons. The van der Waals surface area contributed by atoms with Crippen LogP contribution in [0.1, 0.15) is 0 Å². The van der Waals surface area contributed by atoms with E-state index in [1.54, 1.807) is 0 Å². The highest BCUT2D eigenvalue weighted by atomic mass is 16.5. The van der Waals surface area contributed by atoms with Gasteiger partial charge in [-0.2, -0.15) is 15.4 Å². The van der Waals surface area contributed by atoms with Gasteiger partial charge < -0.3 is 9.72 Å². The molecule has 0 fully saturated rings. The zero-order valence-corrected chi connectivity index (χ0v) is 7.31. The van der Waals surface area contributed by atoms with E-state index in [9.17, 15) is 4.79 Å². The van der Waals surface area contributed by atoms with E-state index in [1.165, 1.54) is 19.5 Å². The molecule has 7 nitrogen and oxygen atoms in total. The summed E-state index contributed by atoms with van der Waals surface area (Å²) in [6, 6.07) is 0. The van der Waals surface area contributed by atoms with E-state index >= 15 is 0 Å². The predicted molar refractivity (Wildman–Crippen MR) is 46.8 cm³/mol. The third-order valence-electron chi connectivity index (χ3n) is 1.64. The lowest BCUT2D eigenvalue weighted by atomic mass is 10.4. The zero-order valence-electron chi connectivity index (χ0n) is 7.31. The Hall–Kier alpha value is -2.18. The molecule has 0 aliphatic heterocycles. The summed E-state index contributed by atoms with van der Waals surface area (Å²) in [6.07, 6.45) is 2.80. The highest BCUT2D eigenvalue weighted by molar-refractivity contribution is 5.46. The van der Waals surface area contributed by atoms with Crippen molar-refractivity contribution in [2.45, 2.75) is 0 Å². The number of rotatable bonds is 2. The first-order chi connectivity index (χ1) is 6.81. The fourth-order valence-corrected chi connectivity index (χ4v) is 0.974. The maximum atomic E-state index is 11.3. The van der Waals surface area contributed by atoms with Gasteiger partial charge in [-0.05, 0) is 0 Å². The predicted octanol–water partition coefficient (Wildman–Crippen LogP) is -0.436. The highest BCUT2D eigenvalue weighted by Crippen LogP contribution is 2.07. The van der Waals surface area contributed by atoms with Crippen LogP contribution in [0.15, 0.2) is 17.2 Å². The monoisotopic (exact) mass is 193 g/mol. The maximum absolute atomic E-state index is 11.3. The number of nitrogens with one attached hydrogen (secondary N) is 2. The molecule has 2 heterocycles. The Balaban J connectivity index is 2.48. The summed E-state index contributed by atoms with van der Waals surface area (Å²) in [4.78, 5) is 17.8. The molecule has 2 N–H and O–H groups in total. The van der Waals surface area contributed by atoms with Crippen LogP contribution in [0.5, 0.6) is 5.75 Å². The average molecular weight is 193 g/mol. The van der Waals surface area contributed by atoms with Crippen molar-refractivity contribution in [2.75, 3.05) is 7.11 Å². The summed E-state index contributed by atoms with van der Waals surface area (Å²) in [5, 5.41) is 9.80. The van der Waals surface area contributed by atoms with Gasteiger partial charge in [0.05, 0.1) is 19.5 Å². The number of ether oxygens (including phenoxy) is 1. The Bertz CT molecular complexity index is 475. The van der Waals surface area contributed by atoms with Crippen LogP contribution in [0.2, 0.25) is 0 Å². The third-order valence-corrected chi connectivity index (χ3v) is 1.64. The lowest BCUT2D eigenvalue weighted by molar-refractivity contribution is 0.406. The van der Waals surface area contributed by atoms with Crippen molar-refractivity contribution in [2.24, 2.45) is 0 Å². The van der Waals surface area contributed by atoms with Crippen LogP contribution in [0, 0.1) is 0 Å². The van der Waals surface area contributed by atoms with E-state index < -0.39 is 0 Å². The number of H-pyrrole nitrogens is 2. The molecule has 0 saturated carbocycles. The molecule has 0 aliphatic rings.